The molecular weight excluding hydrogens is 180 g/mol. The van der Waals surface area contributed by atoms with E-state index in [0.29, 0.717) is 11.4 Å². The van der Waals surface area contributed by atoms with Gasteiger partial charge in [0.15, 0.2) is 0 Å². The second-order valence-electron chi connectivity index (χ2n) is 3.59. The van der Waals surface area contributed by atoms with Crippen LogP contribution in [0.1, 0.15) is 18.2 Å². The predicted molar refractivity (Wildman–Crippen MR) is 54.2 cm³/mol. The molecule has 0 aliphatic carbocycles. The van der Waals surface area contributed by atoms with Crippen LogP contribution in [0.3, 0.4) is 0 Å². The summed E-state index contributed by atoms with van der Waals surface area (Å²) < 4.78 is 5.11. The van der Waals surface area contributed by atoms with Crippen molar-refractivity contribution in [2.24, 2.45) is 5.73 Å². The molecule has 0 saturated heterocycles. The van der Waals surface area contributed by atoms with Gasteiger partial charge in [-0.2, -0.15) is 0 Å². The SMILES string of the molecule is COc1nc(C)ccc1[C@](C)(N)CO. The van der Waals surface area contributed by atoms with Crippen molar-refractivity contribution in [3.63, 3.8) is 0 Å². The fraction of sp³-hybridized carbons (Fsp3) is 0.500. The summed E-state index contributed by atoms with van der Waals surface area (Å²) in [5.41, 5.74) is 6.66. The van der Waals surface area contributed by atoms with Crippen molar-refractivity contribution in [3.05, 3.63) is 23.4 Å². The lowest BCUT2D eigenvalue weighted by Crippen LogP contribution is -2.37. The third-order valence-electron chi connectivity index (χ3n) is 2.14. The Morgan fingerprint density at radius 1 is 1.57 bits per heavy atom. The van der Waals surface area contributed by atoms with E-state index in [0.717, 1.165) is 5.69 Å². The number of methoxy groups -OCH3 is 1. The Balaban J connectivity index is 3.20. The van der Waals surface area contributed by atoms with Crippen molar-refractivity contribution in [1.29, 1.82) is 0 Å². The molecule has 0 bridgehead atoms. The Morgan fingerprint density at radius 2 is 2.21 bits per heavy atom. The maximum Gasteiger partial charge on any atom is 0.218 e. The summed E-state index contributed by atoms with van der Waals surface area (Å²) >= 11 is 0. The molecule has 0 unspecified atom stereocenters. The van der Waals surface area contributed by atoms with Gasteiger partial charge in [0.05, 0.1) is 19.3 Å². The summed E-state index contributed by atoms with van der Waals surface area (Å²) in [7, 11) is 1.54. The highest BCUT2D eigenvalue weighted by molar-refractivity contribution is 5.34. The quantitative estimate of drug-likeness (QED) is 0.741. The molecule has 1 aromatic heterocycles. The second-order valence-corrected chi connectivity index (χ2v) is 3.59. The highest BCUT2D eigenvalue weighted by Gasteiger charge is 2.24. The van der Waals surface area contributed by atoms with Crippen LogP contribution in [0.15, 0.2) is 12.1 Å². The van der Waals surface area contributed by atoms with E-state index in [4.69, 9.17) is 15.6 Å². The van der Waals surface area contributed by atoms with Crippen LogP contribution >= 0.6 is 0 Å². The standard InChI is InChI=1S/C10H16N2O2/c1-7-4-5-8(9(12-7)14-3)10(2,11)6-13/h4-5,13H,6,11H2,1-3H3/t10-/m1/s1. The Bertz CT molecular complexity index is 324. The van der Waals surface area contributed by atoms with Gasteiger partial charge in [-0.15, -0.1) is 0 Å². The van der Waals surface area contributed by atoms with Gasteiger partial charge in [0.1, 0.15) is 0 Å². The van der Waals surface area contributed by atoms with Crippen molar-refractivity contribution >= 4 is 0 Å². The summed E-state index contributed by atoms with van der Waals surface area (Å²) in [5.74, 6) is 0.476. The van der Waals surface area contributed by atoms with E-state index in [1.165, 1.54) is 0 Å². The fourth-order valence-electron chi connectivity index (χ4n) is 1.21. The predicted octanol–water partition coefficient (Wildman–Crippen LogP) is 0.565. The van der Waals surface area contributed by atoms with E-state index in [1.807, 2.05) is 19.1 Å². The number of aryl methyl sites for hydroxylation is 1. The van der Waals surface area contributed by atoms with Crippen molar-refractivity contribution in [1.82, 2.24) is 4.98 Å². The molecule has 4 heteroatoms. The van der Waals surface area contributed by atoms with Crippen molar-refractivity contribution < 1.29 is 9.84 Å². The van der Waals surface area contributed by atoms with Crippen LogP contribution in [-0.2, 0) is 5.54 Å². The van der Waals surface area contributed by atoms with Gasteiger partial charge < -0.3 is 15.6 Å². The van der Waals surface area contributed by atoms with Gasteiger partial charge in [0, 0.05) is 11.3 Å². The molecule has 0 aromatic carbocycles. The maximum absolute atomic E-state index is 9.13. The van der Waals surface area contributed by atoms with Crippen LogP contribution in [0.25, 0.3) is 0 Å². The first-order valence-corrected chi connectivity index (χ1v) is 4.43. The topological polar surface area (TPSA) is 68.4 Å². The first kappa shape index (κ1) is 10.9. The number of pyridine rings is 1. The molecule has 0 fully saturated rings. The van der Waals surface area contributed by atoms with E-state index in [-0.39, 0.29) is 6.61 Å². The molecule has 0 amide bonds. The van der Waals surface area contributed by atoms with E-state index < -0.39 is 5.54 Å². The van der Waals surface area contributed by atoms with Crippen LogP contribution in [0, 0.1) is 6.92 Å². The monoisotopic (exact) mass is 196 g/mol. The molecule has 1 heterocycles. The number of hydrogen-bond donors (Lipinski definition) is 2. The molecular formula is C10H16N2O2. The lowest BCUT2D eigenvalue weighted by atomic mass is 9.95. The summed E-state index contributed by atoms with van der Waals surface area (Å²) in [6.07, 6.45) is 0. The molecule has 4 nitrogen and oxygen atoms in total. The summed E-state index contributed by atoms with van der Waals surface area (Å²) in [5, 5.41) is 9.13. The average molecular weight is 196 g/mol. The molecule has 14 heavy (non-hydrogen) atoms. The first-order chi connectivity index (χ1) is 6.51. The Labute approximate surface area is 83.7 Å². The van der Waals surface area contributed by atoms with Crippen LogP contribution in [-0.4, -0.2) is 23.8 Å². The second kappa shape index (κ2) is 3.94. The van der Waals surface area contributed by atoms with E-state index in [9.17, 15) is 0 Å². The Kier molecular flexibility index (Phi) is 3.08. The third-order valence-corrected chi connectivity index (χ3v) is 2.14. The molecule has 0 saturated carbocycles. The Morgan fingerprint density at radius 3 is 2.71 bits per heavy atom. The molecule has 3 N–H and O–H groups in total. The summed E-state index contributed by atoms with van der Waals surface area (Å²) in [6.45, 7) is 3.47. The van der Waals surface area contributed by atoms with Gasteiger partial charge in [-0.3, -0.25) is 0 Å². The highest BCUT2D eigenvalue weighted by Crippen LogP contribution is 2.25. The fourth-order valence-corrected chi connectivity index (χ4v) is 1.21. The number of hydrogen-bond acceptors (Lipinski definition) is 4. The molecule has 0 aliphatic rings. The summed E-state index contributed by atoms with van der Waals surface area (Å²) in [6, 6.07) is 3.68. The van der Waals surface area contributed by atoms with Gasteiger partial charge in [-0.1, -0.05) is 0 Å². The van der Waals surface area contributed by atoms with Crippen molar-refractivity contribution in [2.45, 2.75) is 19.4 Å². The minimum absolute atomic E-state index is 0.145. The number of nitrogens with zero attached hydrogens (tertiary/aromatic N) is 1. The van der Waals surface area contributed by atoms with Crippen molar-refractivity contribution in [2.75, 3.05) is 13.7 Å². The minimum Gasteiger partial charge on any atom is -0.481 e. The molecule has 78 valence electrons. The third kappa shape index (κ3) is 2.02. The largest absolute Gasteiger partial charge is 0.481 e. The lowest BCUT2D eigenvalue weighted by molar-refractivity contribution is 0.205. The van der Waals surface area contributed by atoms with Gasteiger partial charge in [-0.05, 0) is 26.0 Å². The molecule has 1 rings (SSSR count). The number of nitrogens with two attached hydrogens (primary N) is 1. The summed E-state index contributed by atoms with van der Waals surface area (Å²) in [4.78, 5) is 4.19. The van der Waals surface area contributed by atoms with E-state index >= 15 is 0 Å². The van der Waals surface area contributed by atoms with Gasteiger partial charge in [0.2, 0.25) is 5.88 Å². The molecule has 1 atom stereocenters. The molecule has 0 aliphatic heterocycles. The number of aromatic nitrogens is 1. The van der Waals surface area contributed by atoms with Crippen LogP contribution in [0.2, 0.25) is 0 Å². The van der Waals surface area contributed by atoms with Crippen LogP contribution in [0.4, 0.5) is 0 Å². The Hall–Kier alpha value is -1.13. The average Bonchev–Trinajstić information content (AvgIpc) is 2.17. The smallest absolute Gasteiger partial charge is 0.218 e. The zero-order chi connectivity index (χ0) is 10.8. The molecule has 0 spiro atoms. The molecule has 1 aromatic rings. The zero-order valence-electron chi connectivity index (χ0n) is 8.74. The van der Waals surface area contributed by atoms with Gasteiger partial charge in [0.25, 0.3) is 0 Å². The lowest BCUT2D eigenvalue weighted by Gasteiger charge is -2.23. The van der Waals surface area contributed by atoms with E-state index in [1.54, 1.807) is 14.0 Å². The highest BCUT2D eigenvalue weighted by atomic mass is 16.5. The van der Waals surface area contributed by atoms with Gasteiger partial charge >= 0.3 is 0 Å². The van der Waals surface area contributed by atoms with Crippen LogP contribution < -0.4 is 10.5 Å². The van der Waals surface area contributed by atoms with E-state index in [2.05, 4.69) is 4.98 Å². The van der Waals surface area contributed by atoms with Gasteiger partial charge in [-0.25, -0.2) is 4.98 Å². The minimum atomic E-state index is -0.813. The van der Waals surface area contributed by atoms with Crippen molar-refractivity contribution in [3.8, 4) is 5.88 Å². The molecule has 0 radical (unpaired) electrons. The number of ether oxygens (including phenoxy) is 1. The number of aliphatic hydroxyl groups excluding tert-OH is 1. The van der Waals surface area contributed by atoms with Crippen LogP contribution in [0.5, 0.6) is 5.88 Å². The maximum atomic E-state index is 9.13. The zero-order valence-corrected chi connectivity index (χ0v) is 8.74. The number of rotatable bonds is 3. The first-order valence-electron chi connectivity index (χ1n) is 4.43. The normalized spacial score (nSPS) is 14.9. The number of aliphatic hydroxyl groups is 1.